The summed E-state index contributed by atoms with van der Waals surface area (Å²) in [5, 5.41) is 5.49. The summed E-state index contributed by atoms with van der Waals surface area (Å²) in [6.45, 7) is 0. The molecule has 1 aromatic rings. The summed E-state index contributed by atoms with van der Waals surface area (Å²) in [6, 6.07) is 1.20. The summed E-state index contributed by atoms with van der Waals surface area (Å²) in [7, 11) is 0. The van der Waals surface area contributed by atoms with Crippen LogP contribution in [-0.2, 0) is 0 Å². The van der Waals surface area contributed by atoms with Gasteiger partial charge >= 0.3 is 6.43 Å². The molecule has 0 bridgehead atoms. The molecule has 0 saturated carbocycles. The van der Waals surface area contributed by atoms with E-state index < -0.39 is 12.2 Å². The van der Waals surface area contributed by atoms with Crippen molar-refractivity contribution in [3.05, 3.63) is 18.0 Å². The van der Waals surface area contributed by atoms with Crippen LogP contribution >= 0.6 is 0 Å². The van der Waals surface area contributed by atoms with Gasteiger partial charge in [-0.1, -0.05) is 0 Å². The Labute approximate surface area is 55.1 Å². The fraction of sp³-hybridized carbons (Fsp3) is 0.200. The summed E-state index contributed by atoms with van der Waals surface area (Å²) in [4.78, 5) is 10.4. The van der Waals surface area contributed by atoms with Crippen molar-refractivity contribution >= 4 is 5.78 Å². The third kappa shape index (κ3) is 1.18. The van der Waals surface area contributed by atoms with E-state index in [4.69, 9.17) is 0 Å². The number of alkyl halides is 2. The van der Waals surface area contributed by atoms with E-state index in [1.807, 2.05) is 0 Å². The molecule has 1 N–H and O–H groups in total. The second-order valence-corrected chi connectivity index (χ2v) is 1.64. The number of hydrogen-bond donors (Lipinski definition) is 1. The van der Waals surface area contributed by atoms with Crippen molar-refractivity contribution in [2.75, 3.05) is 0 Å². The van der Waals surface area contributed by atoms with E-state index in [9.17, 15) is 13.6 Å². The van der Waals surface area contributed by atoms with Gasteiger partial charge in [0.1, 0.15) is 5.69 Å². The summed E-state index contributed by atoms with van der Waals surface area (Å²) in [6.07, 6.45) is -1.71. The van der Waals surface area contributed by atoms with E-state index in [1.54, 1.807) is 0 Å². The minimum Gasteiger partial charge on any atom is -0.286 e. The monoisotopic (exact) mass is 146 g/mol. The number of hydrogen-bond acceptors (Lipinski definition) is 2. The Hall–Kier alpha value is -1.26. The first kappa shape index (κ1) is 6.85. The van der Waals surface area contributed by atoms with E-state index in [1.165, 1.54) is 12.3 Å². The van der Waals surface area contributed by atoms with Crippen LogP contribution < -0.4 is 0 Å². The van der Waals surface area contributed by atoms with Gasteiger partial charge in [0.15, 0.2) is 0 Å². The summed E-state index contributed by atoms with van der Waals surface area (Å²) < 4.78 is 23.2. The van der Waals surface area contributed by atoms with Crippen LogP contribution in [0.15, 0.2) is 12.3 Å². The number of nitrogens with zero attached hydrogens (tertiary/aromatic N) is 1. The molecule has 0 aliphatic carbocycles. The number of Topliss-reactive ketones (excluding diaryl/α,β-unsaturated/α-hetero) is 1. The van der Waals surface area contributed by atoms with E-state index in [2.05, 4.69) is 10.2 Å². The maximum atomic E-state index is 11.6. The number of halogens is 2. The van der Waals surface area contributed by atoms with Crippen LogP contribution in [0.3, 0.4) is 0 Å². The largest absolute Gasteiger partial charge is 0.302 e. The van der Waals surface area contributed by atoms with Gasteiger partial charge in [-0.15, -0.1) is 0 Å². The highest BCUT2D eigenvalue weighted by atomic mass is 19.3. The van der Waals surface area contributed by atoms with E-state index in [0.29, 0.717) is 0 Å². The van der Waals surface area contributed by atoms with Crippen molar-refractivity contribution in [1.82, 2.24) is 10.2 Å². The summed E-state index contributed by atoms with van der Waals surface area (Å²) in [5.41, 5.74) is -0.157. The van der Waals surface area contributed by atoms with Gasteiger partial charge in [-0.3, -0.25) is 9.89 Å². The first-order valence-electron chi connectivity index (χ1n) is 2.53. The lowest BCUT2D eigenvalue weighted by Crippen LogP contribution is -2.10. The molecule has 5 heteroatoms. The van der Waals surface area contributed by atoms with Gasteiger partial charge < -0.3 is 0 Å². The van der Waals surface area contributed by atoms with Gasteiger partial charge in [0.05, 0.1) is 0 Å². The molecular weight excluding hydrogens is 142 g/mol. The molecular formula is C5H4F2N2O. The molecule has 0 spiro atoms. The minimum absolute atomic E-state index is 0.157. The molecule has 0 amide bonds. The predicted molar refractivity (Wildman–Crippen MR) is 28.9 cm³/mol. The normalized spacial score (nSPS) is 10.3. The number of ketones is 1. The minimum atomic E-state index is -2.96. The van der Waals surface area contributed by atoms with Crippen LogP contribution in [0.1, 0.15) is 10.5 Å². The maximum Gasteiger partial charge on any atom is 0.302 e. The van der Waals surface area contributed by atoms with Crippen molar-refractivity contribution in [2.45, 2.75) is 6.43 Å². The van der Waals surface area contributed by atoms with Crippen molar-refractivity contribution in [3.63, 3.8) is 0 Å². The molecule has 0 saturated heterocycles. The average molecular weight is 146 g/mol. The van der Waals surface area contributed by atoms with Crippen LogP contribution in [0.5, 0.6) is 0 Å². The average Bonchev–Trinajstić information content (AvgIpc) is 2.36. The highest BCUT2D eigenvalue weighted by Crippen LogP contribution is 2.02. The Morgan fingerprint density at radius 3 is 2.80 bits per heavy atom. The highest BCUT2D eigenvalue weighted by Gasteiger charge is 2.18. The number of H-pyrrole nitrogens is 1. The Morgan fingerprint density at radius 2 is 2.40 bits per heavy atom. The lowest BCUT2D eigenvalue weighted by Gasteiger charge is -1.91. The molecule has 54 valence electrons. The molecule has 3 nitrogen and oxygen atoms in total. The molecule has 10 heavy (non-hydrogen) atoms. The van der Waals surface area contributed by atoms with E-state index >= 15 is 0 Å². The van der Waals surface area contributed by atoms with Gasteiger partial charge in [-0.05, 0) is 6.07 Å². The van der Waals surface area contributed by atoms with Crippen LogP contribution in [0.2, 0.25) is 0 Å². The predicted octanol–water partition coefficient (Wildman–Crippen LogP) is 0.857. The first-order valence-corrected chi connectivity index (χ1v) is 2.53. The molecule has 0 aliphatic rings. The maximum absolute atomic E-state index is 11.6. The molecule has 0 atom stereocenters. The number of carbonyl (C=O) groups excluding carboxylic acids is 1. The zero-order valence-electron chi connectivity index (χ0n) is 4.84. The van der Waals surface area contributed by atoms with Crippen LogP contribution in [0.4, 0.5) is 8.78 Å². The number of rotatable bonds is 2. The lowest BCUT2D eigenvalue weighted by atomic mass is 10.3. The van der Waals surface area contributed by atoms with Gasteiger partial charge in [0, 0.05) is 6.20 Å². The highest BCUT2D eigenvalue weighted by molar-refractivity contribution is 5.96. The molecule has 0 unspecified atom stereocenters. The van der Waals surface area contributed by atoms with Gasteiger partial charge in [0.2, 0.25) is 5.78 Å². The fourth-order valence-corrected chi connectivity index (χ4v) is 0.511. The standard InChI is InChI=1S/C5H4F2N2O/c6-5(7)4(10)3-1-2-8-9-3/h1-2,5H,(H,8,9). The van der Waals surface area contributed by atoms with Crippen LogP contribution in [-0.4, -0.2) is 22.4 Å². The molecule has 0 aromatic carbocycles. The van der Waals surface area contributed by atoms with Gasteiger partial charge in [-0.2, -0.15) is 5.10 Å². The Morgan fingerprint density at radius 1 is 1.70 bits per heavy atom. The molecule has 0 radical (unpaired) electrons. The quantitative estimate of drug-likeness (QED) is 0.629. The fourth-order valence-electron chi connectivity index (χ4n) is 0.511. The van der Waals surface area contributed by atoms with Crippen molar-refractivity contribution in [1.29, 1.82) is 0 Å². The summed E-state index contributed by atoms with van der Waals surface area (Å²) >= 11 is 0. The lowest BCUT2D eigenvalue weighted by molar-refractivity contribution is 0.0673. The second kappa shape index (κ2) is 2.55. The zero-order valence-corrected chi connectivity index (χ0v) is 4.84. The second-order valence-electron chi connectivity index (χ2n) is 1.64. The van der Waals surface area contributed by atoms with Crippen molar-refractivity contribution in [3.8, 4) is 0 Å². The summed E-state index contributed by atoms with van der Waals surface area (Å²) in [5.74, 6) is -1.22. The zero-order chi connectivity index (χ0) is 7.56. The number of carbonyl (C=O) groups is 1. The SMILES string of the molecule is O=C(c1ccn[nH]1)C(F)F. The Kier molecular flexibility index (Phi) is 1.75. The number of aromatic nitrogens is 2. The topological polar surface area (TPSA) is 45.8 Å². The van der Waals surface area contributed by atoms with Gasteiger partial charge in [0.25, 0.3) is 0 Å². The van der Waals surface area contributed by atoms with Gasteiger partial charge in [-0.25, -0.2) is 8.78 Å². The Balaban J connectivity index is 2.78. The smallest absolute Gasteiger partial charge is 0.286 e. The third-order valence-corrected chi connectivity index (χ3v) is 0.964. The van der Waals surface area contributed by atoms with Crippen molar-refractivity contribution in [2.24, 2.45) is 0 Å². The Bertz CT molecular complexity index is 220. The van der Waals surface area contributed by atoms with Crippen LogP contribution in [0.25, 0.3) is 0 Å². The molecule has 0 aliphatic heterocycles. The van der Waals surface area contributed by atoms with E-state index in [-0.39, 0.29) is 5.69 Å². The van der Waals surface area contributed by atoms with Crippen LogP contribution in [0, 0.1) is 0 Å². The first-order chi connectivity index (χ1) is 4.72. The van der Waals surface area contributed by atoms with E-state index in [0.717, 1.165) is 0 Å². The molecule has 1 rings (SSSR count). The third-order valence-electron chi connectivity index (χ3n) is 0.964. The van der Waals surface area contributed by atoms with Crippen molar-refractivity contribution < 1.29 is 13.6 Å². The number of nitrogens with one attached hydrogen (secondary N) is 1. The molecule has 0 fully saturated rings. The number of aromatic amines is 1. The molecule has 1 heterocycles. The molecule has 1 aromatic heterocycles.